The molecule has 0 aromatic heterocycles. The van der Waals surface area contributed by atoms with Crippen LogP contribution in [0.2, 0.25) is 0 Å². The predicted octanol–water partition coefficient (Wildman–Crippen LogP) is 3.83. The highest BCUT2D eigenvalue weighted by Gasteiger charge is 2.09. The first-order valence-electron chi connectivity index (χ1n) is 8.02. The van der Waals surface area contributed by atoms with Crippen LogP contribution in [0, 0.1) is 0 Å². The molecule has 2 N–H and O–H groups in total. The van der Waals surface area contributed by atoms with Crippen LogP contribution < -0.4 is 15.4 Å². The number of guanidine groups is 1. The normalized spacial score (nSPS) is 12.0. The predicted molar refractivity (Wildman–Crippen MR) is 111 cm³/mol. The van der Waals surface area contributed by atoms with E-state index in [1.54, 1.807) is 7.05 Å². The van der Waals surface area contributed by atoms with E-state index in [4.69, 9.17) is 4.74 Å². The van der Waals surface area contributed by atoms with Gasteiger partial charge in [-0.3, -0.25) is 4.99 Å². The summed E-state index contributed by atoms with van der Waals surface area (Å²) in [7, 11) is 1.78. The molecule has 2 aromatic rings. The summed E-state index contributed by atoms with van der Waals surface area (Å²) in [4.78, 5) is 4.26. The first-order valence-corrected chi connectivity index (χ1v) is 8.02. The minimum Gasteiger partial charge on any atom is -0.489 e. The van der Waals surface area contributed by atoms with Crippen molar-refractivity contribution in [3.63, 3.8) is 0 Å². The van der Waals surface area contributed by atoms with Gasteiger partial charge in [0.15, 0.2) is 5.96 Å². The zero-order chi connectivity index (χ0) is 16.3. The van der Waals surface area contributed by atoms with Crippen LogP contribution in [0.4, 0.5) is 0 Å². The number of rotatable bonds is 7. The Morgan fingerprint density at radius 1 is 1.00 bits per heavy atom. The molecular formula is C19H26IN3O. The Bertz CT molecular complexity index is 590. The molecule has 0 aliphatic rings. The van der Waals surface area contributed by atoms with Crippen molar-refractivity contribution in [2.45, 2.75) is 26.0 Å². The van der Waals surface area contributed by atoms with Crippen molar-refractivity contribution in [1.29, 1.82) is 0 Å². The first-order chi connectivity index (χ1) is 11.3. The van der Waals surface area contributed by atoms with Crippen LogP contribution in [0.1, 0.15) is 18.9 Å². The number of hydrogen-bond donors (Lipinski definition) is 2. The van der Waals surface area contributed by atoms with Crippen LogP contribution >= 0.6 is 24.0 Å². The summed E-state index contributed by atoms with van der Waals surface area (Å²) >= 11 is 0. The molecule has 1 unspecified atom stereocenters. The molecule has 0 fully saturated rings. The number of nitrogens with zero attached hydrogens (tertiary/aromatic N) is 1. The van der Waals surface area contributed by atoms with E-state index in [0.29, 0.717) is 6.54 Å². The second-order valence-corrected chi connectivity index (χ2v) is 5.25. The lowest BCUT2D eigenvalue weighted by molar-refractivity contribution is 0.199. The Balaban J connectivity index is 0.00000288. The van der Waals surface area contributed by atoms with Crippen LogP contribution in [0.25, 0.3) is 0 Å². The molecule has 2 rings (SSSR count). The van der Waals surface area contributed by atoms with Gasteiger partial charge in [-0.05, 0) is 24.1 Å². The van der Waals surface area contributed by atoms with Crippen molar-refractivity contribution in [2.24, 2.45) is 4.99 Å². The third-order valence-corrected chi connectivity index (χ3v) is 3.52. The van der Waals surface area contributed by atoms with Crippen molar-refractivity contribution in [3.8, 4) is 5.75 Å². The van der Waals surface area contributed by atoms with Gasteiger partial charge in [0.05, 0.1) is 6.54 Å². The second kappa shape index (κ2) is 11.7. The minimum atomic E-state index is 0. The molecule has 130 valence electrons. The summed E-state index contributed by atoms with van der Waals surface area (Å²) in [6, 6.07) is 20.2. The van der Waals surface area contributed by atoms with Gasteiger partial charge in [0.2, 0.25) is 0 Å². The molecule has 2 aromatic carbocycles. The maximum Gasteiger partial charge on any atom is 0.191 e. The number of halogens is 1. The lowest BCUT2D eigenvalue weighted by atomic mass is 10.2. The number of nitrogens with one attached hydrogen (secondary N) is 2. The third kappa shape index (κ3) is 7.21. The standard InChI is InChI=1S/C19H25N3O.HI/c1-3-17(23-18-12-8-5-9-13-18)15-22-19(20-2)21-14-16-10-6-4-7-11-16;/h4-13,17H,3,14-15H2,1-2H3,(H2,20,21,22);1H. The zero-order valence-electron chi connectivity index (χ0n) is 14.2. The molecule has 0 spiro atoms. The summed E-state index contributed by atoms with van der Waals surface area (Å²) in [5, 5.41) is 6.64. The highest BCUT2D eigenvalue weighted by atomic mass is 127. The number of ether oxygens (including phenoxy) is 1. The lowest BCUT2D eigenvalue weighted by Gasteiger charge is -2.20. The third-order valence-electron chi connectivity index (χ3n) is 3.52. The van der Waals surface area contributed by atoms with Crippen molar-refractivity contribution in [2.75, 3.05) is 13.6 Å². The molecule has 0 saturated heterocycles. The van der Waals surface area contributed by atoms with Gasteiger partial charge in [-0.1, -0.05) is 55.5 Å². The van der Waals surface area contributed by atoms with Gasteiger partial charge in [-0.15, -0.1) is 24.0 Å². The fourth-order valence-electron chi connectivity index (χ4n) is 2.17. The Morgan fingerprint density at radius 3 is 2.21 bits per heavy atom. The van der Waals surface area contributed by atoms with Crippen molar-refractivity contribution in [1.82, 2.24) is 10.6 Å². The molecule has 0 bridgehead atoms. The van der Waals surface area contributed by atoms with E-state index in [-0.39, 0.29) is 30.1 Å². The quantitative estimate of drug-likeness (QED) is 0.392. The second-order valence-electron chi connectivity index (χ2n) is 5.25. The van der Waals surface area contributed by atoms with Crippen LogP contribution in [0.3, 0.4) is 0 Å². The van der Waals surface area contributed by atoms with Crippen molar-refractivity contribution < 1.29 is 4.74 Å². The van der Waals surface area contributed by atoms with Gasteiger partial charge in [0.1, 0.15) is 11.9 Å². The van der Waals surface area contributed by atoms with E-state index in [0.717, 1.165) is 24.7 Å². The summed E-state index contributed by atoms with van der Waals surface area (Å²) in [6.07, 6.45) is 1.03. The fourth-order valence-corrected chi connectivity index (χ4v) is 2.17. The molecule has 5 heteroatoms. The van der Waals surface area contributed by atoms with Gasteiger partial charge in [-0.25, -0.2) is 0 Å². The summed E-state index contributed by atoms with van der Waals surface area (Å²) < 4.78 is 5.98. The van der Waals surface area contributed by atoms with Gasteiger partial charge in [0.25, 0.3) is 0 Å². The Labute approximate surface area is 161 Å². The molecule has 4 nitrogen and oxygen atoms in total. The SMILES string of the molecule is CCC(CNC(=NC)NCc1ccccc1)Oc1ccccc1.I. The molecule has 0 radical (unpaired) electrons. The maximum atomic E-state index is 5.98. The first kappa shape index (κ1) is 20.3. The fraction of sp³-hybridized carbons (Fsp3) is 0.316. The van der Waals surface area contributed by atoms with Crippen LogP contribution in [-0.4, -0.2) is 25.7 Å². The van der Waals surface area contributed by atoms with Crippen LogP contribution in [-0.2, 0) is 6.54 Å². The smallest absolute Gasteiger partial charge is 0.191 e. The Morgan fingerprint density at radius 2 is 1.62 bits per heavy atom. The van der Waals surface area contributed by atoms with E-state index in [1.807, 2.05) is 48.5 Å². The Hall–Kier alpha value is -1.76. The van der Waals surface area contributed by atoms with E-state index in [2.05, 4.69) is 34.7 Å². The molecule has 0 heterocycles. The van der Waals surface area contributed by atoms with Crippen LogP contribution in [0.15, 0.2) is 65.7 Å². The Kier molecular flexibility index (Phi) is 9.91. The lowest BCUT2D eigenvalue weighted by Crippen LogP contribution is -2.42. The summed E-state index contributed by atoms with van der Waals surface area (Å²) in [5.41, 5.74) is 1.23. The molecule has 24 heavy (non-hydrogen) atoms. The van der Waals surface area contributed by atoms with Gasteiger partial charge in [-0.2, -0.15) is 0 Å². The largest absolute Gasteiger partial charge is 0.489 e. The van der Waals surface area contributed by atoms with Crippen LogP contribution in [0.5, 0.6) is 5.75 Å². The number of para-hydroxylation sites is 1. The highest BCUT2D eigenvalue weighted by molar-refractivity contribution is 14.0. The molecule has 0 aliphatic carbocycles. The minimum absolute atomic E-state index is 0. The number of hydrogen-bond acceptors (Lipinski definition) is 2. The maximum absolute atomic E-state index is 5.98. The zero-order valence-corrected chi connectivity index (χ0v) is 16.6. The topological polar surface area (TPSA) is 45.7 Å². The molecule has 0 amide bonds. The molecule has 1 atom stereocenters. The van der Waals surface area contributed by atoms with E-state index >= 15 is 0 Å². The van der Waals surface area contributed by atoms with Gasteiger partial charge < -0.3 is 15.4 Å². The summed E-state index contributed by atoms with van der Waals surface area (Å²) in [5.74, 6) is 1.68. The van der Waals surface area contributed by atoms with E-state index in [1.165, 1.54) is 5.56 Å². The average molecular weight is 439 g/mol. The molecule has 0 aliphatic heterocycles. The van der Waals surface area contributed by atoms with Crippen molar-refractivity contribution in [3.05, 3.63) is 66.2 Å². The number of aliphatic imine (C=N–C) groups is 1. The van der Waals surface area contributed by atoms with Crippen molar-refractivity contribution >= 4 is 29.9 Å². The van der Waals surface area contributed by atoms with Gasteiger partial charge >= 0.3 is 0 Å². The average Bonchev–Trinajstić information content (AvgIpc) is 2.62. The van der Waals surface area contributed by atoms with E-state index in [9.17, 15) is 0 Å². The van der Waals surface area contributed by atoms with Gasteiger partial charge in [0, 0.05) is 13.6 Å². The van der Waals surface area contributed by atoms with E-state index < -0.39 is 0 Å². The highest BCUT2D eigenvalue weighted by Crippen LogP contribution is 2.11. The monoisotopic (exact) mass is 439 g/mol. The molecular weight excluding hydrogens is 413 g/mol. The summed E-state index contributed by atoms with van der Waals surface area (Å²) in [6.45, 7) is 3.58. The molecule has 0 saturated carbocycles. The number of benzene rings is 2.